The van der Waals surface area contributed by atoms with E-state index in [1.54, 1.807) is 0 Å². The van der Waals surface area contributed by atoms with E-state index in [-0.39, 0.29) is 0 Å². The summed E-state index contributed by atoms with van der Waals surface area (Å²) in [7, 11) is 0. The van der Waals surface area contributed by atoms with E-state index in [0.29, 0.717) is 0 Å². The van der Waals surface area contributed by atoms with Gasteiger partial charge in [-0.2, -0.15) is 0 Å². The first-order chi connectivity index (χ1) is 29.8. The van der Waals surface area contributed by atoms with Gasteiger partial charge in [-0.3, -0.25) is 0 Å². The van der Waals surface area contributed by atoms with Crippen molar-refractivity contribution in [2.75, 3.05) is 4.90 Å². The van der Waals surface area contributed by atoms with Gasteiger partial charge in [-0.1, -0.05) is 194 Å². The number of anilines is 3. The maximum Gasteiger partial charge on any atom is 0.0562 e. The van der Waals surface area contributed by atoms with Crippen LogP contribution in [-0.2, 0) is 0 Å². The van der Waals surface area contributed by atoms with Crippen molar-refractivity contribution in [3.8, 4) is 50.2 Å². The molecule has 1 heterocycles. The van der Waals surface area contributed by atoms with Gasteiger partial charge < -0.3 is 9.47 Å². The highest BCUT2D eigenvalue weighted by Crippen LogP contribution is 2.46. The molecule has 0 spiro atoms. The molecule has 0 amide bonds. The molecule has 2 nitrogen and oxygen atoms in total. The third kappa shape index (κ3) is 6.32. The first kappa shape index (κ1) is 35.2. The fraction of sp³-hybridized carbons (Fsp3) is 0. The quantitative estimate of drug-likeness (QED) is 0.150. The number of hydrogen-bond donors (Lipinski definition) is 0. The molecule has 0 N–H and O–H groups in total. The molecule has 0 unspecified atom stereocenters. The normalized spacial score (nSPS) is 11.3. The molecule has 0 saturated carbocycles. The number of para-hydroxylation sites is 1. The number of benzene rings is 10. The summed E-state index contributed by atoms with van der Waals surface area (Å²) in [5, 5.41) is 4.83. The van der Waals surface area contributed by atoms with Crippen LogP contribution >= 0.6 is 0 Å². The molecular weight excluding hydrogens is 725 g/mol. The van der Waals surface area contributed by atoms with E-state index in [4.69, 9.17) is 0 Å². The molecule has 1 aromatic heterocycles. The first-order valence-electron chi connectivity index (χ1n) is 20.6. The van der Waals surface area contributed by atoms with E-state index >= 15 is 0 Å². The number of aromatic nitrogens is 1. The summed E-state index contributed by atoms with van der Waals surface area (Å²) in [5.41, 5.74) is 16.2. The van der Waals surface area contributed by atoms with Crippen molar-refractivity contribution in [3.63, 3.8) is 0 Å². The second-order valence-electron chi connectivity index (χ2n) is 15.3. The van der Waals surface area contributed by atoms with Crippen LogP contribution in [0.15, 0.2) is 243 Å². The van der Waals surface area contributed by atoms with Crippen molar-refractivity contribution >= 4 is 49.6 Å². The van der Waals surface area contributed by atoms with Crippen LogP contribution in [0.1, 0.15) is 0 Å². The van der Waals surface area contributed by atoms with Crippen LogP contribution in [0.5, 0.6) is 0 Å². The molecule has 0 aliphatic rings. The van der Waals surface area contributed by atoms with E-state index in [2.05, 4.69) is 252 Å². The van der Waals surface area contributed by atoms with E-state index in [9.17, 15) is 0 Å². The van der Waals surface area contributed by atoms with Crippen LogP contribution in [-0.4, -0.2) is 4.57 Å². The first-order valence-corrected chi connectivity index (χ1v) is 20.6. The Morgan fingerprint density at radius 2 is 0.767 bits per heavy atom. The van der Waals surface area contributed by atoms with Gasteiger partial charge in [0.1, 0.15) is 0 Å². The van der Waals surface area contributed by atoms with Crippen LogP contribution in [0, 0.1) is 0 Å². The molecule has 2 heteroatoms. The Bertz CT molecular complexity index is 3280. The zero-order chi connectivity index (χ0) is 39.8. The van der Waals surface area contributed by atoms with E-state index in [1.807, 2.05) is 0 Å². The second kappa shape index (κ2) is 15.1. The van der Waals surface area contributed by atoms with Gasteiger partial charge in [0, 0.05) is 33.3 Å². The lowest BCUT2D eigenvalue weighted by atomic mass is 9.97. The zero-order valence-electron chi connectivity index (χ0n) is 33.0. The van der Waals surface area contributed by atoms with Gasteiger partial charge in [-0.15, -0.1) is 0 Å². The minimum absolute atomic E-state index is 1.08. The maximum absolute atomic E-state index is 2.48. The molecule has 0 aliphatic heterocycles. The van der Waals surface area contributed by atoms with E-state index in [0.717, 1.165) is 28.3 Å². The van der Waals surface area contributed by atoms with Crippen molar-refractivity contribution in [2.24, 2.45) is 0 Å². The number of nitrogens with zero attached hydrogens (tertiary/aromatic N) is 2. The maximum atomic E-state index is 2.48. The summed E-state index contributed by atoms with van der Waals surface area (Å²) in [6.45, 7) is 0. The summed E-state index contributed by atoms with van der Waals surface area (Å²) >= 11 is 0. The van der Waals surface area contributed by atoms with Crippen LogP contribution in [0.2, 0.25) is 0 Å². The second-order valence-corrected chi connectivity index (χ2v) is 15.3. The van der Waals surface area contributed by atoms with Crippen molar-refractivity contribution in [1.29, 1.82) is 0 Å². The highest BCUT2D eigenvalue weighted by molar-refractivity contribution is 6.11. The van der Waals surface area contributed by atoms with Gasteiger partial charge in [0.15, 0.2) is 0 Å². The summed E-state index contributed by atoms with van der Waals surface area (Å²) in [6, 6.07) is 88.1. The molecule has 11 aromatic rings. The zero-order valence-corrected chi connectivity index (χ0v) is 33.0. The average Bonchev–Trinajstić information content (AvgIpc) is 3.66. The minimum atomic E-state index is 1.08. The fourth-order valence-electron chi connectivity index (χ4n) is 8.87. The SMILES string of the molecule is c1ccc(-c2ccc(N(c3ccc4c5ccccc5n(-c5cc(-c6ccccc6)ccc5-c5ccccc5)c4c3)c3cc4ccccc4cc3-c3ccccc3)cc2)cc1. The standard InChI is InChI=1S/C58H40N2/c1-5-17-41(18-6-1)43-29-32-49(33-30-43)59(57-38-47-26-14-13-25-46(47)37-54(57)45-23-11-4-12-24-45)50-34-36-53-52-27-15-16-28-55(52)60(58(53)40-50)56-39-48(42-19-7-2-8-20-42)31-35-51(56)44-21-9-3-10-22-44/h1-40H. The van der Waals surface area contributed by atoms with Crippen LogP contribution in [0.3, 0.4) is 0 Å². The van der Waals surface area contributed by atoms with Gasteiger partial charge >= 0.3 is 0 Å². The third-order valence-corrected chi connectivity index (χ3v) is 11.8. The van der Waals surface area contributed by atoms with Crippen LogP contribution < -0.4 is 4.90 Å². The predicted molar refractivity (Wildman–Crippen MR) is 255 cm³/mol. The molecule has 10 aromatic carbocycles. The molecule has 60 heavy (non-hydrogen) atoms. The smallest absolute Gasteiger partial charge is 0.0562 e. The number of fused-ring (bicyclic) bond motifs is 4. The van der Waals surface area contributed by atoms with Crippen LogP contribution in [0.25, 0.3) is 82.8 Å². The molecule has 0 aliphatic carbocycles. The Morgan fingerprint density at radius 1 is 0.283 bits per heavy atom. The Balaban J connectivity index is 1.20. The topological polar surface area (TPSA) is 8.17 Å². The summed E-state index contributed by atoms with van der Waals surface area (Å²) in [6.07, 6.45) is 0. The molecule has 0 fully saturated rings. The highest BCUT2D eigenvalue weighted by atomic mass is 15.1. The predicted octanol–water partition coefficient (Wildman–Crippen LogP) is 16.1. The lowest BCUT2D eigenvalue weighted by Gasteiger charge is -2.29. The molecule has 282 valence electrons. The number of rotatable bonds is 8. The third-order valence-electron chi connectivity index (χ3n) is 11.8. The largest absolute Gasteiger partial charge is 0.310 e. The Kier molecular flexibility index (Phi) is 8.87. The van der Waals surface area contributed by atoms with Crippen molar-refractivity contribution < 1.29 is 0 Å². The lowest BCUT2D eigenvalue weighted by Crippen LogP contribution is -2.11. The lowest BCUT2D eigenvalue weighted by molar-refractivity contribution is 1.18. The Labute approximate surface area is 350 Å². The number of hydrogen-bond acceptors (Lipinski definition) is 1. The molecule has 11 rings (SSSR count). The summed E-state index contributed by atoms with van der Waals surface area (Å²) in [5.74, 6) is 0. The summed E-state index contributed by atoms with van der Waals surface area (Å²) in [4.78, 5) is 2.45. The Morgan fingerprint density at radius 3 is 1.43 bits per heavy atom. The molecule has 0 atom stereocenters. The molecular formula is C58H40N2. The average molecular weight is 765 g/mol. The van der Waals surface area contributed by atoms with Gasteiger partial charge in [-0.25, -0.2) is 0 Å². The van der Waals surface area contributed by atoms with Crippen molar-refractivity contribution in [1.82, 2.24) is 4.57 Å². The van der Waals surface area contributed by atoms with Gasteiger partial charge in [-0.05, 0) is 92.7 Å². The molecule has 0 radical (unpaired) electrons. The highest BCUT2D eigenvalue weighted by Gasteiger charge is 2.22. The molecule has 0 bridgehead atoms. The van der Waals surface area contributed by atoms with E-state index in [1.165, 1.54) is 71.6 Å². The van der Waals surface area contributed by atoms with Crippen molar-refractivity contribution in [3.05, 3.63) is 243 Å². The minimum Gasteiger partial charge on any atom is -0.310 e. The van der Waals surface area contributed by atoms with E-state index < -0.39 is 0 Å². The fourth-order valence-corrected chi connectivity index (χ4v) is 8.87. The monoisotopic (exact) mass is 764 g/mol. The van der Waals surface area contributed by atoms with Gasteiger partial charge in [0.25, 0.3) is 0 Å². The van der Waals surface area contributed by atoms with Crippen LogP contribution in [0.4, 0.5) is 17.1 Å². The van der Waals surface area contributed by atoms with Crippen molar-refractivity contribution in [2.45, 2.75) is 0 Å². The van der Waals surface area contributed by atoms with Gasteiger partial charge in [0.05, 0.1) is 22.4 Å². The molecule has 0 saturated heterocycles. The Hall–Kier alpha value is -7.94. The summed E-state index contributed by atoms with van der Waals surface area (Å²) < 4.78 is 2.48. The van der Waals surface area contributed by atoms with Gasteiger partial charge in [0.2, 0.25) is 0 Å².